The van der Waals surface area contributed by atoms with Crippen LogP contribution in [-0.2, 0) is 11.2 Å². The lowest BCUT2D eigenvalue weighted by molar-refractivity contribution is 0.122. The number of hydrogen-bond acceptors (Lipinski definition) is 3. The molecule has 2 aliphatic rings. The number of rotatable bonds is 1. The van der Waals surface area contributed by atoms with Crippen molar-refractivity contribution in [1.82, 2.24) is 0 Å². The third-order valence-corrected chi connectivity index (χ3v) is 3.18. The number of fused-ring (bicyclic) bond motifs is 1. The molecular weight excluding hydrogens is 188 g/mol. The van der Waals surface area contributed by atoms with E-state index in [1.54, 1.807) is 0 Å². The van der Waals surface area contributed by atoms with Crippen LogP contribution in [0.3, 0.4) is 0 Å². The molecular formula is C12H16N2O. The highest BCUT2D eigenvalue weighted by atomic mass is 16.5. The van der Waals surface area contributed by atoms with Gasteiger partial charge in [-0.2, -0.15) is 0 Å². The van der Waals surface area contributed by atoms with Gasteiger partial charge in [-0.05, 0) is 24.1 Å². The maximum atomic E-state index is 5.36. The van der Waals surface area contributed by atoms with E-state index in [0.29, 0.717) is 0 Å². The van der Waals surface area contributed by atoms with Crippen LogP contribution in [0.4, 0.5) is 11.4 Å². The van der Waals surface area contributed by atoms with Crippen molar-refractivity contribution in [1.29, 1.82) is 0 Å². The van der Waals surface area contributed by atoms with Gasteiger partial charge >= 0.3 is 0 Å². The normalized spacial score (nSPS) is 19.9. The smallest absolute Gasteiger partial charge is 0.0642 e. The summed E-state index contributed by atoms with van der Waals surface area (Å²) in [4.78, 5) is 2.39. The zero-order valence-corrected chi connectivity index (χ0v) is 8.83. The highest BCUT2D eigenvalue weighted by Gasteiger charge is 2.15. The third-order valence-electron chi connectivity index (χ3n) is 3.18. The van der Waals surface area contributed by atoms with Crippen molar-refractivity contribution in [2.75, 3.05) is 43.1 Å². The number of morpholine rings is 1. The Bertz CT molecular complexity index is 359. The molecule has 0 atom stereocenters. The van der Waals surface area contributed by atoms with Crippen LogP contribution < -0.4 is 10.2 Å². The fourth-order valence-corrected chi connectivity index (χ4v) is 2.30. The number of nitrogens with zero attached hydrogens (tertiary/aromatic N) is 1. The van der Waals surface area contributed by atoms with Crippen LogP contribution in [0.15, 0.2) is 18.2 Å². The summed E-state index contributed by atoms with van der Waals surface area (Å²) >= 11 is 0. The summed E-state index contributed by atoms with van der Waals surface area (Å²) in [6.07, 6.45) is 1.17. The molecule has 2 heterocycles. The minimum atomic E-state index is 0.852. The predicted molar refractivity (Wildman–Crippen MR) is 61.7 cm³/mol. The van der Waals surface area contributed by atoms with E-state index in [-0.39, 0.29) is 0 Å². The quantitative estimate of drug-likeness (QED) is 0.750. The van der Waals surface area contributed by atoms with Gasteiger partial charge in [0.15, 0.2) is 0 Å². The first-order valence-corrected chi connectivity index (χ1v) is 5.63. The largest absolute Gasteiger partial charge is 0.384 e. The average molecular weight is 204 g/mol. The summed E-state index contributed by atoms with van der Waals surface area (Å²) in [7, 11) is 0. The maximum absolute atomic E-state index is 5.36. The Balaban J connectivity index is 1.85. The van der Waals surface area contributed by atoms with Crippen LogP contribution in [0.2, 0.25) is 0 Å². The number of hydrogen-bond donors (Lipinski definition) is 1. The Hall–Kier alpha value is -1.22. The second-order valence-corrected chi connectivity index (χ2v) is 4.12. The molecule has 1 fully saturated rings. The van der Waals surface area contributed by atoms with E-state index in [1.165, 1.54) is 23.4 Å². The van der Waals surface area contributed by atoms with Gasteiger partial charge in [0.2, 0.25) is 0 Å². The summed E-state index contributed by atoms with van der Waals surface area (Å²) in [5.41, 5.74) is 4.09. The summed E-state index contributed by atoms with van der Waals surface area (Å²) in [5, 5.41) is 3.42. The molecule has 0 unspecified atom stereocenters. The molecule has 0 bridgehead atoms. The number of ether oxygens (including phenoxy) is 1. The van der Waals surface area contributed by atoms with E-state index in [4.69, 9.17) is 4.74 Å². The zero-order chi connectivity index (χ0) is 10.1. The van der Waals surface area contributed by atoms with Crippen molar-refractivity contribution in [3.63, 3.8) is 0 Å². The van der Waals surface area contributed by atoms with Gasteiger partial charge in [0.1, 0.15) is 0 Å². The molecule has 3 nitrogen and oxygen atoms in total. The highest BCUT2D eigenvalue weighted by Crippen LogP contribution is 2.27. The Morgan fingerprint density at radius 1 is 1.20 bits per heavy atom. The molecule has 1 N–H and O–H groups in total. The molecule has 80 valence electrons. The Labute approximate surface area is 90.0 Å². The minimum absolute atomic E-state index is 0.852. The van der Waals surface area contributed by atoms with Crippen molar-refractivity contribution in [3.05, 3.63) is 23.8 Å². The third kappa shape index (κ3) is 1.67. The SMILES string of the molecule is c1cc2c(cc1N1CCOCC1)NCC2. The fourth-order valence-electron chi connectivity index (χ4n) is 2.30. The highest BCUT2D eigenvalue weighted by molar-refractivity contribution is 5.64. The first-order chi connectivity index (χ1) is 7.43. The van der Waals surface area contributed by atoms with Crippen molar-refractivity contribution < 1.29 is 4.74 Å². The van der Waals surface area contributed by atoms with E-state index in [2.05, 4.69) is 28.4 Å². The Morgan fingerprint density at radius 3 is 2.93 bits per heavy atom. The number of benzene rings is 1. The summed E-state index contributed by atoms with van der Waals surface area (Å²) in [6.45, 7) is 4.81. The van der Waals surface area contributed by atoms with Crippen LogP contribution in [0.1, 0.15) is 5.56 Å². The van der Waals surface area contributed by atoms with Gasteiger partial charge in [-0.15, -0.1) is 0 Å². The van der Waals surface area contributed by atoms with Gasteiger partial charge in [0.25, 0.3) is 0 Å². The average Bonchev–Trinajstić information content (AvgIpc) is 2.77. The molecule has 0 radical (unpaired) electrons. The zero-order valence-electron chi connectivity index (χ0n) is 8.83. The van der Waals surface area contributed by atoms with Crippen molar-refractivity contribution in [2.24, 2.45) is 0 Å². The second kappa shape index (κ2) is 3.74. The second-order valence-electron chi connectivity index (χ2n) is 4.12. The van der Waals surface area contributed by atoms with Crippen molar-refractivity contribution in [2.45, 2.75) is 6.42 Å². The van der Waals surface area contributed by atoms with Crippen LogP contribution in [0, 0.1) is 0 Å². The molecule has 1 aromatic rings. The molecule has 1 saturated heterocycles. The Kier molecular flexibility index (Phi) is 2.25. The predicted octanol–water partition coefficient (Wildman–Crippen LogP) is 1.49. The molecule has 0 aliphatic carbocycles. The summed E-state index contributed by atoms with van der Waals surface area (Å²) in [6, 6.07) is 6.75. The van der Waals surface area contributed by atoms with Gasteiger partial charge in [-0.25, -0.2) is 0 Å². The first kappa shape index (κ1) is 9.04. The first-order valence-electron chi connectivity index (χ1n) is 5.63. The topological polar surface area (TPSA) is 24.5 Å². The number of nitrogens with one attached hydrogen (secondary N) is 1. The molecule has 2 aliphatic heterocycles. The van der Waals surface area contributed by atoms with Crippen molar-refractivity contribution >= 4 is 11.4 Å². The van der Waals surface area contributed by atoms with Gasteiger partial charge < -0.3 is 15.0 Å². The summed E-state index contributed by atoms with van der Waals surface area (Å²) in [5.74, 6) is 0. The van der Waals surface area contributed by atoms with Crippen LogP contribution in [0.5, 0.6) is 0 Å². The van der Waals surface area contributed by atoms with Gasteiger partial charge in [0.05, 0.1) is 13.2 Å². The molecule has 0 saturated carbocycles. The lowest BCUT2D eigenvalue weighted by atomic mass is 10.1. The monoisotopic (exact) mass is 204 g/mol. The molecule has 3 rings (SSSR count). The van der Waals surface area contributed by atoms with E-state index in [9.17, 15) is 0 Å². The molecule has 0 aromatic heterocycles. The molecule has 3 heteroatoms. The standard InChI is InChI=1S/C12H16N2O/c1-2-11(14-5-7-15-8-6-14)9-12-10(1)3-4-13-12/h1-2,9,13H,3-8H2. The summed E-state index contributed by atoms with van der Waals surface area (Å²) < 4.78 is 5.36. The van der Waals surface area contributed by atoms with Crippen LogP contribution in [0.25, 0.3) is 0 Å². The van der Waals surface area contributed by atoms with Gasteiger partial charge in [-0.1, -0.05) is 6.07 Å². The lowest BCUT2D eigenvalue weighted by Gasteiger charge is -2.29. The van der Waals surface area contributed by atoms with Crippen LogP contribution in [-0.4, -0.2) is 32.8 Å². The Morgan fingerprint density at radius 2 is 2.07 bits per heavy atom. The number of anilines is 2. The molecule has 0 amide bonds. The van der Waals surface area contributed by atoms with E-state index >= 15 is 0 Å². The minimum Gasteiger partial charge on any atom is -0.384 e. The fraction of sp³-hybridized carbons (Fsp3) is 0.500. The molecule has 1 aromatic carbocycles. The molecule has 0 spiro atoms. The van der Waals surface area contributed by atoms with Crippen LogP contribution >= 0.6 is 0 Å². The van der Waals surface area contributed by atoms with E-state index in [1.807, 2.05) is 0 Å². The van der Waals surface area contributed by atoms with Crippen molar-refractivity contribution in [3.8, 4) is 0 Å². The van der Waals surface area contributed by atoms with Gasteiger partial charge in [0, 0.05) is 31.0 Å². The maximum Gasteiger partial charge on any atom is 0.0642 e. The van der Waals surface area contributed by atoms with E-state index < -0.39 is 0 Å². The lowest BCUT2D eigenvalue weighted by Crippen LogP contribution is -2.36. The van der Waals surface area contributed by atoms with E-state index in [0.717, 1.165) is 32.8 Å². The van der Waals surface area contributed by atoms with Gasteiger partial charge in [-0.3, -0.25) is 0 Å². The molecule has 15 heavy (non-hydrogen) atoms.